The smallest absolute Gasteiger partial charge is 0.246 e. The molecule has 0 aliphatic heterocycles. The lowest BCUT2D eigenvalue weighted by Gasteiger charge is -2.06. The maximum absolute atomic E-state index is 13.4. The van der Waals surface area contributed by atoms with Crippen LogP contribution in [-0.4, -0.2) is 21.1 Å². The standard InChI is InChI=1S/C33H20N2O3/c36-31-26-17-22-11-7-8-12-23(22)18-27(26)32(37)28(31)20-30-34-33-29(35(30)24-13-5-2-6-14-24)19-25(38-33)16-15-21-9-3-1-4-10-21/h1-20H/b16-15+. The molecule has 0 spiro atoms. The highest BCUT2D eigenvalue weighted by molar-refractivity contribution is 6.42. The van der Waals surface area contributed by atoms with E-state index in [0.29, 0.717) is 28.4 Å². The van der Waals surface area contributed by atoms with E-state index in [1.54, 1.807) is 18.2 Å². The summed E-state index contributed by atoms with van der Waals surface area (Å²) in [5, 5.41) is 1.85. The van der Waals surface area contributed by atoms with Crippen molar-refractivity contribution in [3.05, 3.63) is 137 Å². The Hall–Kier alpha value is -5.29. The van der Waals surface area contributed by atoms with E-state index in [2.05, 4.69) is 0 Å². The predicted molar refractivity (Wildman–Crippen MR) is 149 cm³/mol. The van der Waals surface area contributed by atoms with Crippen molar-refractivity contribution in [3.8, 4) is 5.69 Å². The number of furan rings is 1. The summed E-state index contributed by atoms with van der Waals surface area (Å²) in [4.78, 5) is 31.4. The quantitative estimate of drug-likeness (QED) is 0.190. The first-order chi connectivity index (χ1) is 18.7. The maximum Gasteiger partial charge on any atom is 0.246 e. The van der Waals surface area contributed by atoms with Crippen molar-refractivity contribution < 1.29 is 14.0 Å². The molecule has 0 atom stereocenters. The summed E-state index contributed by atoms with van der Waals surface area (Å²) in [6, 6.07) is 32.9. The van der Waals surface area contributed by atoms with Crippen LogP contribution in [-0.2, 0) is 0 Å². The van der Waals surface area contributed by atoms with Gasteiger partial charge < -0.3 is 4.42 Å². The lowest BCUT2D eigenvalue weighted by Crippen LogP contribution is -2.03. The van der Waals surface area contributed by atoms with Gasteiger partial charge in [0.05, 0.1) is 5.57 Å². The number of hydrogen-bond acceptors (Lipinski definition) is 4. The average Bonchev–Trinajstić information content (AvgIpc) is 3.57. The number of imidazole rings is 1. The van der Waals surface area contributed by atoms with Crippen molar-refractivity contribution in [1.82, 2.24) is 9.55 Å². The minimum atomic E-state index is -0.290. The van der Waals surface area contributed by atoms with E-state index in [9.17, 15) is 9.59 Å². The van der Waals surface area contributed by atoms with Crippen LogP contribution in [0.1, 0.15) is 37.9 Å². The molecule has 180 valence electrons. The molecular formula is C33H20N2O3. The van der Waals surface area contributed by atoms with Crippen molar-refractivity contribution in [2.24, 2.45) is 0 Å². The van der Waals surface area contributed by atoms with Crippen LogP contribution in [0.4, 0.5) is 0 Å². The third-order valence-corrected chi connectivity index (χ3v) is 6.79. The lowest BCUT2D eigenvalue weighted by molar-refractivity contribution is 0.0990. The molecule has 0 fully saturated rings. The van der Waals surface area contributed by atoms with Crippen molar-refractivity contribution in [3.63, 3.8) is 0 Å². The Labute approximate surface area is 218 Å². The molecule has 0 saturated carbocycles. The molecule has 7 rings (SSSR count). The highest BCUT2D eigenvalue weighted by atomic mass is 16.3. The Kier molecular flexibility index (Phi) is 5.01. The second-order valence-corrected chi connectivity index (χ2v) is 9.19. The van der Waals surface area contributed by atoms with E-state index >= 15 is 0 Å². The minimum absolute atomic E-state index is 0.101. The molecule has 4 aromatic carbocycles. The molecule has 0 saturated heterocycles. The molecule has 6 aromatic rings. The predicted octanol–water partition coefficient (Wildman–Crippen LogP) is 7.40. The van der Waals surface area contributed by atoms with E-state index in [1.165, 1.54) is 0 Å². The average molecular weight is 493 g/mol. The Bertz CT molecular complexity index is 1880. The number of para-hydroxylation sites is 1. The number of nitrogens with zero attached hydrogens (tertiary/aromatic N) is 2. The van der Waals surface area contributed by atoms with Crippen molar-refractivity contribution in [2.75, 3.05) is 0 Å². The fourth-order valence-electron chi connectivity index (χ4n) is 4.95. The summed E-state index contributed by atoms with van der Waals surface area (Å²) in [6.07, 6.45) is 5.46. The number of carbonyl (C=O) groups is 2. The number of ketones is 2. The molecule has 38 heavy (non-hydrogen) atoms. The van der Waals surface area contributed by atoms with Crippen LogP contribution in [0.5, 0.6) is 0 Å². The third kappa shape index (κ3) is 3.61. The van der Waals surface area contributed by atoms with E-state index in [1.807, 2.05) is 108 Å². The van der Waals surface area contributed by atoms with E-state index in [-0.39, 0.29) is 17.1 Å². The summed E-state index contributed by atoms with van der Waals surface area (Å²) in [6.45, 7) is 0. The van der Waals surface area contributed by atoms with Gasteiger partial charge >= 0.3 is 0 Å². The molecule has 2 heterocycles. The first-order valence-electron chi connectivity index (χ1n) is 12.3. The van der Waals surface area contributed by atoms with E-state index < -0.39 is 0 Å². The number of fused-ring (bicyclic) bond motifs is 3. The molecule has 1 aliphatic carbocycles. The Morgan fingerprint density at radius 3 is 1.95 bits per heavy atom. The van der Waals surface area contributed by atoms with Gasteiger partial charge in [-0.3, -0.25) is 14.2 Å². The SMILES string of the molecule is O=C1C(=Cc2nc3oc(/C=C/c4ccccc4)cc3n2-c2ccccc2)C(=O)c2cc3ccccc3cc21. The van der Waals surface area contributed by atoms with Crippen molar-refractivity contribution in [2.45, 2.75) is 0 Å². The van der Waals surface area contributed by atoms with Gasteiger partial charge in [-0.2, -0.15) is 4.98 Å². The summed E-state index contributed by atoms with van der Waals surface area (Å²) < 4.78 is 7.96. The molecule has 1 aliphatic rings. The van der Waals surface area contributed by atoms with Gasteiger partial charge in [0.1, 0.15) is 17.1 Å². The molecule has 0 unspecified atom stereocenters. The van der Waals surface area contributed by atoms with Gasteiger partial charge in [-0.05, 0) is 52.8 Å². The van der Waals surface area contributed by atoms with Gasteiger partial charge in [0.2, 0.25) is 5.71 Å². The van der Waals surface area contributed by atoms with Crippen LogP contribution >= 0.6 is 0 Å². The largest absolute Gasteiger partial charge is 0.437 e. The van der Waals surface area contributed by atoms with Crippen LogP contribution < -0.4 is 0 Å². The fraction of sp³-hybridized carbons (Fsp3) is 0. The molecule has 5 heteroatoms. The first-order valence-corrected chi connectivity index (χ1v) is 12.3. The topological polar surface area (TPSA) is 65.1 Å². The normalized spacial score (nSPS) is 13.2. The van der Waals surface area contributed by atoms with Gasteiger partial charge in [-0.15, -0.1) is 0 Å². The van der Waals surface area contributed by atoms with Crippen LogP contribution in [0, 0.1) is 0 Å². The Balaban J connectivity index is 1.34. The third-order valence-electron chi connectivity index (χ3n) is 6.79. The summed E-state index contributed by atoms with van der Waals surface area (Å²) >= 11 is 0. The molecule has 0 bridgehead atoms. The second kappa shape index (κ2) is 8.68. The number of rotatable bonds is 4. The monoisotopic (exact) mass is 492 g/mol. The van der Waals surface area contributed by atoms with Crippen LogP contribution in [0.2, 0.25) is 0 Å². The molecule has 0 amide bonds. The van der Waals surface area contributed by atoms with Crippen LogP contribution in [0.15, 0.2) is 113 Å². The highest BCUT2D eigenvalue weighted by Gasteiger charge is 2.34. The van der Waals surface area contributed by atoms with Crippen molar-refractivity contribution >= 4 is 51.8 Å². The highest BCUT2D eigenvalue weighted by Crippen LogP contribution is 2.33. The number of benzene rings is 4. The zero-order chi connectivity index (χ0) is 25.6. The summed E-state index contributed by atoms with van der Waals surface area (Å²) in [7, 11) is 0. The van der Waals surface area contributed by atoms with Gasteiger partial charge in [-0.25, -0.2) is 0 Å². The van der Waals surface area contributed by atoms with Crippen LogP contribution in [0.3, 0.4) is 0 Å². The maximum atomic E-state index is 13.4. The molecular weight excluding hydrogens is 472 g/mol. The molecule has 0 N–H and O–H groups in total. The Morgan fingerprint density at radius 1 is 0.684 bits per heavy atom. The van der Waals surface area contributed by atoms with Crippen LogP contribution in [0.25, 0.3) is 45.9 Å². The van der Waals surface area contributed by atoms with Crippen molar-refractivity contribution in [1.29, 1.82) is 0 Å². The zero-order valence-corrected chi connectivity index (χ0v) is 20.2. The number of carbonyl (C=O) groups excluding carboxylic acids is 2. The van der Waals surface area contributed by atoms with E-state index in [0.717, 1.165) is 27.5 Å². The van der Waals surface area contributed by atoms with E-state index in [4.69, 9.17) is 9.40 Å². The number of aromatic nitrogens is 2. The summed E-state index contributed by atoms with van der Waals surface area (Å²) in [5.41, 5.74) is 4.03. The molecule has 5 nitrogen and oxygen atoms in total. The minimum Gasteiger partial charge on any atom is -0.437 e. The molecule has 2 aromatic heterocycles. The summed E-state index contributed by atoms with van der Waals surface area (Å²) in [5.74, 6) is 0.530. The van der Waals surface area contributed by atoms with Gasteiger partial charge in [0.15, 0.2) is 11.6 Å². The molecule has 0 radical (unpaired) electrons. The lowest BCUT2D eigenvalue weighted by atomic mass is 10.0. The Morgan fingerprint density at radius 2 is 1.29 bits per heavy atom. The zero-order valence-electron chi connectivity index (χ0n) is 20.2. The van der Waals surface area contributed by atoms with Gasteiger partial charge in [0, 0.05) is 22.9 Å². The number of allylic oxidation sites excluding steroid dienone is 1. The van der Waals surface area contributed by atoms with Gasteiger partial charge in [0.25, 0.3) is 0 Å². The first kappa shape index (κ1) is 21.9. The number of Topliss-reactive ketones (excluding diaryl/α,β-unsaturated/α-hetero) is 2. The number of hydrogen-bond donors (Lipinski definition) is 0. The second-order valence-electron chi connectivity index (χ2n) is 9.19. The fourth-order valence-corrected chi connectivity index (χ4v) is 4.95. The van der Waals surface area contributed by atoms with Gasteiger partial charge in [-0.1, -0.05) is 78.9 Å².